The first-order valence-electron chi connectivity index (χ1n) is 6.57. The molecule has 0 aliphatic carbocycles. The number of aromatic nitrogens is 1. The molecule has 1 atom stereocenters. The molecule has 4 nitrogen and oxygen atoms in total. The predicted octanol–water partition coefficient (Wildman–Crippen LogP) is 3.84. The molecule has 0 aliphatic rings. The van der Waals surface area contributed by atoms with Gasteiger partial charge in [-0.2, -0.15) is 5.26 Å². The van der Waals surface area contributed by atoms with Crippen LogP contribution >= 0.6 is 0 Å². The maximum absolute atomic E-state index is 8.76. The third kappa shape index (κ3) is 3.07. The average Bonchev–Trinajstić information content (AvgIpc) is 2.49. The van der Waals surface area contributed by atoms with E-state index < -0.39 is 0 Å². The second kappa shape index (κ2) is 6.07. The Morgan fingerprint density at radius 1 is 1.35 bits per heavy atom. The van der Waals surface area contributed by atoms with E-state index in [1.165, 1.54) is 11.8 Å². The maximum Gasteiger partial charge on any atom is 0.242 e. The first-order chi connectivity index (χ1) is 9.63. The molecule has 0 saturated carbocycles. The largest absolute Gasteiger partial charge is 0.437 e. The quantitative estimate of drug-likeness (QED) is 0.913. The van der Waals surface area contributed by atoms with E-state index in [1.54, 1.807) is 6.07 Å². The smallest absolute Gasteiger partial charge is 0.242 e. The monoisotopic (exact) mass is 267 g/mol. The van der Waals surface area contributed by atoms with E-state index in [0.717, 1.165) is 6.42 Å². The number of benzene rings is 1. The van der Waals surface area contributed by atoms with Gasteiger partial charge in [0.25, 0.3) is 0 Å². The summed E-state index contributed by atoms with van der Waals surface area (Å²) in [5, 5.41) is 8.76. The molecule has 2 N–H and O–H groups in total. The van der Waals surface area contributed by atoms with Crippen molar-refractivity contribution in [3.05, 3.63) is 47.7 Å². The number of nitriles is 1. The first-order valence-corrected chi connectivity index (χ1v) is 6.57. The van der Waals surface area contributed by atoms with Gasteiger partial charge in [-0.15, -0.1) is 0 Å². The molecule has 4 heteroatoms. The number of hydrogen-bond donors (Lipinski definition) is 1. The lowest BCUT2D eigenvalue weighted by Crippen LogP contribution is -1.96. The number of rotatable bonds is 4. The lowest BCUT2D eigenvalue weighted by Gasteiger charge is -2.11. The second-order valence-corrected chi connectivity index (χ2v) is 4.71. The van der Waals surface area contributed by atoms with Crippen molar-refractivity contribution in [1.82, 2.24) is 4.98 Å². The molecule has 0 bridgehead atoms. The fourth-order valence-corrected chi connectivity index (χ4v) is 1.83. The first kappa shape index (κ1) is 13.9. The SMILES string of the molecule is CCC(C)c1ccc(Oc2ncc(C#N)cc2N)cc1. The van der Waals surface area contributed by atoms with Gasteiger partial charge < -0.3 is 10.5 Å². The highest BCUT2D eigenvalue weighted by Crippen LogP contribution is 2.27. The van der Waals surface area contributed by atoms with Crippen LogP contribution in [0.3, 0.4) is 0 Å². The summed E-state index contributed by atoms with van der Waals surface area (Å²) in [6.07, 6.45) is 2.55. The minimum absolute atomic E-state index is 0.320. The Bertz CT molecular complexity index is 629. The normalized spacial score (nSPS) is 11.7. The summed E-state index contributed by atoms with van der Waals surface area (Å²) in [6, 6.07) is 11.4. The molecular formula is C16H17N3O. The van der Waals surface area contributed by atoms with Gasteiger partial charge in [0.15, 0.2) is 0 Å². The van der Waals surface area contributed by atoms with E-state index in [1.807, 2.05) is 30.3 Å². The van der Waals surface area contributed by atoms with E-state index in [2.05, 4.69) is 18.8 Å². The Labute approximate surface area is 118 Å². The summed E-state index contributed by atoms with van der Waals surface area (Å²) < 4.78 is 5.63. The summed E-state index contributed by atoms with van der Waals surface area (Å²) >= 11 is 0. The highest BCUT2D eigenvalue weighted by Gasteiger charge is 2.07. The molecule has 0 radical (unpaired) electrons. The Morgan fingerprint density at radius 3 is 2.60 bits per heavy atom. The van der Waals surface area contributed by atoms with Crippen LogP contribution in [-0.2, 0) is 0 Å². The number of ether oxygens (including phenoxy) is 1. The third-order valence-corrected chi connectivity index (χ3v) is 3.28. The summed E-state index contributed by atoms with van der Waals surface area (Å²) in [5.74, 6) is 1.53. The van der Waals surface area contributed by atoms with Gasteiger partial charge in [0.05, 0.1) is 11.3 Å². The summed E-state index contributed by atoms with van der Waals surface area (Å²) in [7, 11) is 0. The number of nitrogen functional groups attached to an aromatic ring is 1. The number of pyridine rings is 1. The van der Waals surface area contributed by atoms with Crippen molar-refractivity contribution < 1.29 is 4.74 Å². The Hall–Kier alpha value is -2.54. The van der Waals surface area contributed by atoms with Crippen LogP contribution in [0, 0.1) is 11.3 Å². The predicted molar refractivity (Wildman–Crippen MR) is 78.6 cm³/mol. The molecule has 0 spiro atoms. The minimum Gasteiger partial charge on any atom is -0.437 e. The molecule has 1 unspecified atom stereocenters. The van der Waals surface area contributed by atoms with E-state index in [4.69, 9.17) is 15.7 Å². The van der Waals surface area contributed by atoms with Gasteiger partial charge in [0.2, 0.25) is 5.88 Å². The maximum atomic E-state index is 8.76. The van der Waals surface area contributed by atoms with Gasteiger partial charge in [-0.25, -0.2) is 4.98 Å². The minimum atomic E-state index is 0.320. The fourth-order valence-electron chi connectivity index (χ4n) is 1.83. The molecule has 0 amide bonds. The van der Waals surface area contributed by atoms with Crippen molar-refractivity contribution in [2.75, 3.05) is 5.73 Å². The molecule has 102 valence electrons. The second-order valence-electron chi connectivity index (χ2n) is 4.71. The van der Waals surface area contributed by atoms with Crippen molar-refractivity contribution in [2.45, 2.75) is 26.2 Å². The van der Waals surface area contributed by atoms with Crippen molar-refractivity contribution in [2.24, 2.45) is 0 Å². The number of nitrogens with zero attached hydrogens (tertiary/aromatic N) is 2. The number of anilines is 1. The van der Waals surface area contributed by atoms with Crippen LogP contribution in [0.15, 0.2) is 36.5 Å². The molecule has 20 heavy (non-hydrogen) atoms. The molecule has 1 aromatic heterocycles. The van der Waals surface area contributed by atoms with Crippen molar-refractivity contribution in [1.29, 1.82) is 5.26 Å². The van der Waals surface area contributed by atoms with Gasteiger partial charge >= 0.3 is 0 Å². The zero-order valence-electron chi connectivity index (χ0n) is 11.6. The zero-order valence-corrected chi connectivity index (χ0v) is 11.6. The topological polar surface area (TPSA) is 71.9 Å². The molecular weight excluding hydrogens is 250 g/mol. The number of hydrogen-bond acceptors (Lipinski definition) is 4. The Balaban J connectivity index is 2.16. The van der Waals surface area contributed by atoms with Crippen LogP contribution in [0.2, 0.25) is 0 Å². The molecule has 0 aliphatic heterocycles. The van der Waals surface area contributed by atoms with Crippen LogP contribution in [0.25, 0.3) is 0 Å². The summed E-state index contributed by atoms with van der Waals surface area (Å²) in [5.41, 5.74) is 7.86. The molecule has 1 heterocycles. The summed E-state index contributed by atoms with van der Waals surface area (Å²) in [4.78, 5) is 4.05. The van der Waals surface area contributed by atoms with Crippen LogP contribution in [-0.4, -0.2) is 4.98 Å². The molecule has 0 saturated heterocycles. The van der Waals surface area contributed by atoms with Crippen LogP contribution in [0.4, 0.5) is 5.69 Å². The zero-order chi connectivity index (χ0) is 14.5. The number of nitrogens with two attached hydrogens (primary N) is 1. The third-order valence-electron chi connectivity index (χ3n) is 3.28. The summed E-state index contributed by atoms with van der Waals surface area (Å²) in [6.45, 7) is 4.35. The van der Waals surface area contributed by atoms with Gasteiger partial charge in [-0.1, -0.05) is 26.0 Å². The van der Waals surface area contributed by atoms with Crippen molar-refractivity contribution in [3.8, 4) is 17.7 Å². The lowest BCUT2D eigenvalue weighted by atomic mass is 9.99. The standard InChI is InChI=1S/C16H17N3O/c1-3-11(2)13-4-6-14(7-5-13)20-16-15(18)8-12(9-17)10-19-16/h4-8,10-11H,3,18H2,1-2H3. The van der Waals surface area contributed by atoms with Crippen LogP contribution in [0.1, 0.15) is 37.3 Å². The lowest BCUT2D eigenvalue weighted by molar-refractivity contribution is 0.465. The average molecular weight is 267 g/mol. The highest BCUT2D eigenvalue weighted by molar-refractivity contribution is 5.53. The Kier molecular flexibility index (Phi) is 4.21. The van der Waals surface area contributed by atoms with Crippen LogP contribution in [0.5, 0.6) is 11.6 Å². The molecule has 0 fully saturated rings. The van der Waals surface area contributed by atoms with E-state index in [9.17, 15) is 0 Å². The van der Waals surface area contributed by atoms with Gasteiger partial charge in [0, 0.05) is 6.20 Å². The van der Waals surface area contributed by atoms with E-state index in [-0.39, 0.29) is 0 Å². The van der Waals surface area contributed by atoms with Gasteiger partial charge in [-0.05, 0) is 36.1 Å². The van der Waals surface area contributed by atoms with Gasteiger partial charge in [0.1, 0.15) is 11.8 Å². The van der Waals surface area contributed by atoms with Crippen molar-refractivity contribution >= 4 is 5.69 Å². The Morgan fingerprint density at radius 2 is 2.05 bits per heavy atom. The van der Waals surface area contributed by atoms with E-state index in [0.29, 0.717) is 28.8 Å². The fraction of sp³-hybridized carbons (Fsp3) is 0.250. The highest BCUT2D eigenvalue weighted by atomic mass is 16.5. The molecule has 2 aromatic rings. The van der Waals surface area contributed by atoms with Crippen molar-refractivity contribution in [3.63, 3.8) is 0 Å². The molecule has 2 rings (SSSR count). The van der Waals surface area contributed by atoms with Crippen LogP contribution < -0.4 is 10.5 Å². The molecule has 1 aromatic carbocycles. The van der Waals surface area contributed by atoms with Gasteiger partial charge in [-0.3, -0.25) is 0 Å². The van der Waals surface area contributed by atoms with E-state index >= 15 is 0 Å².